The van der Waals surface area contributed by atoms with Gasteiger partial charge in [0.15, 0.2) is 0 Å². The van der Waals surface area contributed by atoms with Crippen molar-refractivity contribution in [2.75, 3.05) is 7.11 Å². The van der Waals surface area contributed by atoms with Crippen molar-refractivity contribution in [3.63, 3.8) is 0 Å². The molecule has 1 aliphatic rings. The summed E-state index contributed by atoms with van der Waals surface area (Å²) in [6, 6.07) is 17.9. The first-order chi connectivity index (χ1) is 15.2. The summed E-state index contributed by atoms with van der Waals surface area (Å²) in [5.74, 6) is 1.93. The Hall–Kier alpha value is -3.15. The summed E-state index contributed by atoms with van der Waals surface area (Å²) < 4.78 is 10.7. The molecule has 31 heavy (non-hydrogen) atoms. The number of hydrogen-bond donors (Lipinski definition) is 0. The summed E-state index contributed by atoms with van der Waals surface area (Å²) in [5.41, 5.74) is 2.04. The van der Waals surface area contributed by atoms with E-state index >= 15 is 0 Å². The van der Waals surface area contributed by atoms with Crippen molar-refractivity contribution in [3.8, 4) is 17.1 Å². The van der Waals surface area contributed by atoms with Crippen LogP contribution in [0.2, 0.25) is 0 Å². The molecule has 0 radical (unpaired) electrons. The molecule has 0 N–H and O–H groups in total. The SMILES string of the molecule is COc1ccc(-c2noc(CN(C(=O)CCc3ccccc3)C3CCCCC3)n2)cc1. The maximum absolute atomic E-state index is 13.2. The summed E-state index contributed by atoms with van der Waals surface area (Å²) in [4.78, 5) is 19.7. The number of nitrogens with zero attached hydrogens (tertiary/aromatic N) is 3. The lowest BCUT2D eigenvalue weighted by Gasteiger charge is -2.33. The highest BCUT2D eigenvalue weighted by Gasteiger charge is 2.27. The summed E-state index contributed by atoms with van der Waals surface area (Å²) in [7, 11) is 1.64. The number of hydrogen-bond acceptors (Lipinski definition) is 5. The van der Waals surface area contributed by atoms with Gasteiger partial charge in [0, 0.05) is 18.0 Å². The lowest BCUT2D eigenvalue weighted by molar-refractivity contribution is -0.135. The molecule has 1 heterocycles. The van der Waals surface area contributed by atoms with Gasteiger partial charge in [-0.1, -0.05) is 54.8 Å². The zero-order chi connectivity index (χ0) is 21.5. The third kappa shape index (κ3) is 5.51. The topological polar surface area (TPSA) is 68.5 Å². The Balaban J connectivity index is 1.46. The second-order valence-corrected chi connectivity index (χ2v) is 8.04. The molecule has 0 bridgehead atoms. The third-order valence-electron chi connectivity index (χ3n) is 5.93. The molecule has 0 unspecified atom stereocenters. The van der Waals surface area contributed by atoms with E-state index in [2.05, 4.69) is 22.3 Å². The summed E-state index contributed by atoms with van der Waals surface area (Å²) in [5, 5.41) is 4.13. The lowest BCUT2D eigenvalue weighted by Crippen LogP contribution is -2.41. The van der Waals surface area contributed by atoms with Gasteiger partial charge in [0.05, 0.1) is 7.11 Å². The molecule has 4 rings (SSSR count). The molecular formula is C25H29N3O3. The molecule has 6 heteroatoms. The Morgan fingerprint density at radius 3 is 2.52 bits per heavy atom. The minimum absolute atomic E-state index is 0.153. The van der Waals surface area contributed by atoms with E-state index in [9.17, 15) is 4.79 Å². The maximum atomic E-state index is 13.2. The van der Waals surface area contributed by atoms with Crippen LogP contribution in [0.5, 0.6) is 5.75 Å². The van der Waals surface area contributed by atoms with E-state index in [0.29, 0.717) is 24.7 Å². The van der Waals surface area contributed by atoms with Crippen molar-refractivity contribution < 1.29 is 14.1 Å². The Bertz CT molecular complexity index is 963. The highest BCUT2D eigenvalue weighted by molar-refractivity contribution is 5.76. The molecule has 1 amide bonds. The molecule has 1 aliphatic carbocycles. The molecule has 0 spiro atoms. The van der Waals surface area contributed by atoms with Gasteiger partial charge in [-0.05, 0) is 49.1 Å². The summed E-state index contributed by atoms with van der Waals surface area (Å²) >= 11 is 0. The van der Waals surface area contributed by atoms with Crippen molar-refractivity contribution in [2.24, 2.45) is 0 Å². The van der Waals surface area contributed by atoms with Crippen LogP contribution >= 0.6 is 0 Å². The standard InChI is InChI=1S/C25H29N3O3/c1-30-22-15-13-20(14-16-22)25-26-23(31-27-25)18-28(21-10-6-3-7-11-21)24(29)17-12-19-8-4-2-5-9-19/h2,4-5,8-9,13-16,21H,3,6-7,10-12,17-18H2,1H3. The van der Waals surface area contributed by atoms with Gasteiger partial charge in [-0.25, -0.2) is 0 Å². The van der Waals surface area contributed by atoms with E-state index < -0.39 is 0 Å². The van der Waals surface area contributed by atoms with Crippen molar-refractivity contribution in [1.82, 2.24) is 15.0 Å². The van der Waals surface area contributed by atoms with Crippen molar-refractivity contribution in [1.29, 1.82) is 0 Å². The Labute approximate surface area is 183 Å². The molecule has 0 saturated heterocycles. The number of ether oxygens (including phenoxy) is 1. The van der Waals surface area contributed by atoms with Gasteiger partial charge in [0.25, 0.3) is 0 Å². The van der Waals surface area contributed by atoms with Crippen LogP contribution in [0, 0.1) is 0 Å². The lowest BCUT2D eigenvalue weighted by atomic mass is 9.93. The van der Waals surface area contributed by atoms with E-state index in [4.69, 9.17) is 9.26 Å². The van der Waals surface area contributed by atoms with Crippen LogP contribution in [0.25, 0.3) is 11.4 Å². The van der Waals surface area contributed by atoms with Gasteiger partial charge >= 0.3 is 0 Å². The maximum Gasteiger partial charge on any atom is 0.246 e. The molecule has 0 aliphatic heterocycles. The second kappa shape index (κ2) is 10.2. The zero-order valence-electron chi connectivity index (χ0n) is 18.0. The molecule has 1 fully saturated rings. The van der Waals surface area contributed by atoms with Crippen LogP contribution in [0.1, 0.15) is 50.0 Å². The van der Waals surface area contributed by atoms with Gasteiger partial charge in [-0.2, -0.15) is 4.98 Å². The van der Waals surface area contributed by atoms with Crippen LogP contribution in [0.4, 0.5) is 0 Å². The van der Waals surface area contributed by atoms with E-state index in [1.165, 1.54) is 12.0 Å². The Morgan fingerprint density at radius 2 is 1.81 bits per heavy atom. The normalized spacial score (nSPS) is 14.4. The molecule has 1 aromatic heterocycles. The average molecular weight is 420 g/mol. The quantitative estimate of drug-likeness (QED) is 0.512. The number of benzene rings is 2. The molecule has 6 nitrogen and oxygen atoms in total. The van der Waals surface area contributed by atoms with Crippen LogP contribution in [0.15, 0.2) is 59.1 Å². The van der Waals surface area contributed by atoms with Crippen molar-refractivity contribution >= 4 is 5.91 Å². The molecular weight excluding hydrogens is 390 g/mol. The molecule has 2 aromatic carbocycles. The zero-order valence-corrected chi connectivity index (χ0v) is 18.0. The van der Waals surface area contributed by atoms with E-state index in [-0.39, 0.29) is 11.9 Å². The number of amides is 1. The van der Waals surface area contributed by atoms with Gasteiger partial charge in [-0.15, -0.1) is 0 Å². The smallest absolute Gasteiger partial charge is 0.246 e. The highest BCUT2D eigenvalue weighted by Crippen LogP contribution is 2.26. The van der Waals surface area contributed by atoms with Crippen molar-refractivity contribution in [2.45, 2.75) is 57.5 Å². The second-order valence-electron chi connectivity index (χ2n) is 8.04. The summed E-state index contributed by atoms with van der Waals surface area (Å²) in [6.45, 7) is 0.363. The first kappa shape index (κ1) is 21.1. The number of methoxy groups -OCH3 is 1. The fraction of sp³-hybridized carbons (Fsp3) is 0.400. The van der Waals surface area contributed by atoms with E-state index in [1.54, 1.807) is 7.11 Å². The monoisotopic (exact) mass is 419 g/mol. The first-order valence-electron chi connectivity index (χ1n) is 11.0. The number of rotatable bonds is 8. The van der Waals surface area contributed by atoms with Crippen LogP contribution < -0.4 is 4.74 Å². The van der Waals surface area contributed by atoms with Crippen LogP contribution in [-0.2, 0) is 17.8 Å². The number of carbonyl (C=O) groups excluding carboxylic acids is 1. The Morgan fingerprint density at radius 1 is 1.06 bits per heavy atom. The van der Waals surface area contributed by atoms with E-state index in [1.807, 2.05) is 47.4 Å². The Kier molecular flexibility index (Phi) is 6.97. The third-order valence-corrected chi connectivity index (χ3v) is 5.93. The highest BCUT2D eigenvalue weighted by atomic mass is 16.5. The fourth-order valence-corrected chi connectivity index (χ4v) is 4.18. The predicted octanol–water partition coefficient (Wildman–Crippen LogP) is 5.04. The molecule has 1 saturated carbocycles. The van der Waals surface area contributed by atoms with Crippen LogP contribution in [0.3, 0.4) is 0 Å². The van der Waals surface area contributed by atoms with Crippen LogP contribution in [-0.4, -0.2) is 34.1 Å². The van der Waals surface area contributed by atoms with Gasteiger partial charge in [0.1, 0.15) is 12.3 Å². The van der Waals surface area contributed by atoms with E-state index in [0.717, 1.165) is 43.4 Å². The molecule has 0 atom stereocenters. The largest absolute Gasteiger partial charge is 0.497 e. The number of aryl methyl sites for hydroxylation is 1. The minimum Gasteiger partial charge on any atom is -0.497 e. The van der Waals surface area contributed by atoms with Gasteiger partial charge < -0.3 is 14.2 Å². The van der Waals surface area contributed by atoms with Gasteiger partial charge in [-0.3, -0.25) is 4.79 Å². The molecule has 3 aromatic rings. The average Bonchev–Trinajstić information content (AvgIpc) is 3.31. The molecule has 162 valence electrons. The van der Waals surface area contributed by atoms with Gasteiger partial charge in [0.2, 0.25) is 17.6 Å². The number of aromatic nitrogens is 2. The minimum atomic E-state index is 0.153. The fourth-order valence-electron chi connectivity index (χ4n) is 4.18. The van der Waals surface area contributed by atoms with Crippen molar-refractivity contribution in [3.05, 3.63) is 66.1 Å². The predicted molar refractivity (Wildman–Crippen MR) is 118 cm³/mol. The first-order valence-corrected chi connectivity index (χ1v) is 11.0. The number of carbonyl (C=O) groups is 1. The summed E-state index contributed by atoms with van der Waals surface area (Å²) in [6.07, 6.45) is 6.86.